The molecule has 3 aromatic carbocycles. The maximum Gasteiger partial charge on any atom is 0.141 e. The van der Waals surface area contributed by atoms with Crippen molar-refractivity contribution in [1.82, 2.24) is 15.0 Å². The second-order valence-electron chi connectivity index (χ2n) is 6.73. The molecule has 0 radical (unpaired) electrons. The van der Waals surface area contributed by atoms with Gasteiger partial charge in [-0.1, -0.05) is 23.7 Å². The third kappa shape index (κ3) is 3.76. The number of nitrogens with zero attached hydrogens (tertiary/aromatic N) is 3. The van der Waals surface area contributed by atoms with Crippen molar-refractivity contribution in [2.75, 3.05) is 10.6 Å². The number of nitrogens with one attached hydrogen (secondary N) is 2. The normalized spacial score (nSPS) is 11.0. The van der Waals surface area contributed by atoms with Gasteiger partial charge in [0.2, 0.25) is 0 Å². The topological polar surface area (TPSA) is 62.7 Å². The van der Waals surface area contributed by atoms with E-state index in [4.69, 9.17) is 11.6 Å². The summed E-state index contributed by atoms with van der Waals surface area (Å²) in [6.07, 6.45) is 5.20. The Balaban J connectivity index is 1.45. The summed E-state index contributed by atoms with van der Waals surface area (Å²) in [6.45, 7) is 0. The van der Waals surface area contributed by atoms with Crippen LogP contribution in [0.1, 0.15) is 0 Å². The van der Waals surface area contributed by atoms with Crippen molar-refractivity contribution < 1.29 is 0 Å². The molecule has 2 heterocycles. The third-order valence-corrected chi connectivity index (χ3v) is 5.77. The van der Waals surface area contributed by atoms with Crippen LogP contribution in [-0.2, 0) is 0 Å². The van der Waals surface area contributed by atoms with Gasteiger partial charge in [-0.15, -0.1) is 0 Å². The van der Waals surface area contributed by atoms with Gasteiger partial charge in [-0.2, -0.15) is 0 Å². The van der Waals surface area contributed by atoms with E-state index in [9.17, 15) is 0 Å². The average Bonchev–Trinajstić information content (AvgIpc) is 2.76. The smallest absolute Gasteiger partial charge is 0.141 e. The molecular weight excluding hydrogens is 509 g/mol. The summed E-state index contributed by atoms with van der Waals surface area (Å²) >= 11 is 8.87. The standard InChI is InChI=1S/C23H15ClIN5/c24-19-11-16(29-23-17-10-15(25)4-6-20(17)27-13-28-23)5-7-22(19)30-21-3-1-2-14-8-9-26-12-18(14)21/h1-13,30H,(H,27,28,29). The van der Waals surface area contributed by atoms with Gasteiger partial charge in [0.1, 0.15) is 12.1 Å². The summed E-state index contributed by atoms with van der Waals surface area (Å²) < 4.78 is 1.13. The predicted octanol–water partition coefficient (Wildman–Crippen LogP) is 6.92. The molecule has 5 rings (SSSR count). The van der Waals surface area contributed by atoms with Crippen molar-refractivity contribution in [2.45, 2.75) is 0 Å². The molecule has 0 unspecified atom stereocenters. The number of pyridine rings is 1. The van der Waals surface area contributed by atoms with E-state index in [1.165, 1.54) is 0 Å². The Morgan fingerprint density at radius 1 is 0.833 bits per heavy atom. The first-order valence-corrected chi connectivity index (χ1v) is 10.7. The lowest BCUT2D eigenvalue weighted by atomic mass is 10.1. The monoisotopic (exact) mass is 523 g/mol. The fourth-order valence-electron chi connectivity index (χ4n) is 3.33. The number of rotatable bonds is 4. The number of hydrogen-bond acceptors (Lipinski definition) is 5. The van der Waals surface area contributed by atoms with Crippen molar-refractivity contribution in [3.63, 3.8) is 0 Å². The minimum atomic E-state index is 0.605. The van der Waals surface area contributed by atoms with Crippen LogP contribution >= 0.6 is 34.2 Å². The second kappa shape index (κ2) is 8.04. The summed E-state index contributed by atoms with van der Waals surface area (Å²) in [7, 11) is 0. The Kier molecular flexibility index (Phi) is 5.10. The molecule has 0 aliphatic heterocycles. The maximum atomic E-state index is 6.59. The van der Waals surface area contributed by atoms with Crippen LogP contribution in [0.5, 0.6) is 0 Å². The van der Waals surface area contributed by atoms with Gasteiger partial charge in [-0.25, -0.2) is 9.97 Å². The lowest BCUT2D eigenvalue weighted by Gasteiger charge is -2.13. The van der Waals surface area contributed by atoms with Crippen molar-refractivity contribution in [3.05, 3.63) is 88.0 Å². The number of hydrogen-bond donors (Lipinski definition) is 2. The molecule has 0 aliphatic carbocycles. The fraction of sp³-hybridized carbons (Fsp3) is 0. The van der Waals surface area contributed by atoms with E-state index in [0.717, 1.165) is 48.1 Å². The molecule has 0 fully saturated rings. The Hall–Kier alpha value is -2.97. The summed E-state index contributed by atoms with van der Waals surface area (Å²) in [5.41, 5.74) is 3.52. The highest BCUT2D eigenvalue weighted by atomic mass is 127. The van der Waals surface area contributed by atoms with Gasteiger partial charge in [-0.05, 0) is 76.5 Å². The number of anilines is 4. The highest BCUT2D eigenvalue weighted by Crippen LogP contribution is 2.33. The molecule has 0 atom stereocenters. The van der Waals surface area contributed by atoms with Crippen LogP contribution in [0.15, 0.2) is 79.4 Å². The minimum absolute atomic E-state index is 0.605. The van der Waals surface area contributed by atoms with Crippen LogP contribution in [0.2, 0.25) is 5.02 Å². The lowest BCUT2D eigenvalue weighted by molar-refractivity contribution is 1.22. The van der Waals surface area contributed by atoms with Crippen molar-refractivity contribution in [3.8, 4) is 0 Å². The zero-order valence-corrected chi connectivity index (χ0v) is 18.5. The number of halogens is 2. The van der Waals surface area contributed by atoms with Crippen LogP contribution in [0, 0.1) is 3.57 Å². The third-order valence-electron chi connectivity index (χ3n) is 4.78. The Morgan fingerprint density at radius 3 is 2.67 bits per heavy atom. The number of fused-ring (bicyclic) bond motifs is 2. The molecular formula is C23H15ClIN5. The van der Waals surface area contributed by atoms with Crippen LogP contribution in [-0.4, -0.2) is 15.0 Å². The molecule has 5 aromatic rings. The quantitative estimate of drug-likeness (QED) is 0.250. The van der Waals surface area contributed by atoms with E-state index in [1.54, 1.807) is 12.5 Å². The van der Waals surface area contributed by atoms with E-state index < -0.39 is 0 Å². The van der Waals surface area contributed by atoms with Crippen LogP contribution < -0.4 is 10.6 Å². The van der Waals surface area contributed by atoms with Gasteiger partial charge in [0.15, 0.2) is 0 Å². The van der Waals surface area contributed by atoms with Gasteiger partial charge in [-0.3, -0.25) is 4.98 Å². The summed E-state index contributed by atoms with van der Waals surface area (Å²) in [5.74, 6) is 0.746. The first-order valence-electron chi connectivity index (χ1n) is 9.24. The lowest BCUT2D eigenvalue weighted by Crippen LogP contribution is -1.98. The van der Waals surface area contributed by atoms with E-state index in [2.05, 4.69) is 60.3 Å². The number of benzene rings is 3. The van der Waals surface area contributed by atoms with E-state index in [0.29, 0.717) is 5.02 Å². The summed E-state index contributed by atoms with van der Waals surface area (Å²) in [4.78, 5) is 13.0. The molecule has 30 heavy (non-hydrogen) atoms. The molecule has 0 spiro atoms. The van der Waals surface area contributed by atoms with Gasteiger partial charge < -0.3 is 10.6 Å². The van der Waals surface area contributed by atoms with Crippen LogP contribution in [0.4, 0.5) is 22.9 Å². The predicted molar refractivity (Wildman–Crippen MR) is 132 cm³/mol. The Bertz CT molecular complexity index is 1380. The highest BCUT2D eigenvalue weighted by Gasteiger charge is 2.08. The average molecular weight is 524 g/mol. The maximum absolute atomic E-state index is 6.59. The zero-order chi connectivity index (χ0) is 20.5. The molecule has 5 nitrogen and oxygen atoms in total. The van der Waals surface area contributed by atoms with E-state index in [1.807, 2.05) is 54.7 Å². The van der Waals surface area contributed by atoms with Gasteiger partial charge in [0, 0.05) is 38.1 Å². The van der Waals surface area contributed by atoms with Crippen molar-refractivity contribution in [1.29, 1.82) is 0 Å². The molecule has 2 N–H and O–H groups in total. The largest absolute Gasteiger partial charge is 0.354 e. The van der Waals surface area contributed by atoms with E-state index in [-0.39, 0.29) is 0 Å². The molecule has 0 amide bonds. The SMILES string of the molecule is Clc1cc(Nc2ncnc3ccc(I)cc23)ccc1Nc1cccc2ccncc12. The first kappa shape index (κ1) is 19.0. The first-order chi connectivity index (χ1) is 14.7. The molecule has 146 valence electrons. The van der Waals surface area contributed by atoms with Crippen LogP contribution in [0.25, 0.3) is 21.7 Å². The Labute approximate surface area is 191 Å². The molecule has 7 heteroatoms. The van der Waals surface area contributed by atoms with E-state index >= 15 is 0 Å². The van der Waals surface area contributed by atoms with Crippen LogP contribution in [0.3, 0.4) is 0 Å². The molecule has 2 aromatic heterocycles. The Morgan fingerprint density at radius 2 is 1.77 bits per heavy atom. The van der Waals surface area contributed by atoms with Gasteiger partial charge in [0.25, 0.3) is 0 Å². The highest BCUT2D eigenvalue weighted by molar-refractivity contribution is 14.1. The molecule has 0 aliphatic rings. The second-order valence-corrected chi connectivity index (χ2v) is 8.38. The van der Waals surface area contributed by atoms with Gasteiger partial charge in [0.05, 0.1) is 16.2 Å². The van der Waals surface area contributed by atoms with Crippen molar-refractivity contribution in [2.24, 2.45) is 0 Å². The minimum Gasteiger partial charge on any atom is -0.354 e. The molecule has 0 bridgehead atoms. The zero-order valence-electron chi connectivity index (χ0n) is 15.6. The fourth-order valence-corrected chi connectivity index (χ4v) is 4.05. The summed E-state index contributed by atoms with van der Waals surface area (Å²) in [6, 6.07) is 20.0. The molecule has 0 saturated carbocycles. The van der Waals surface area contributed by atoms with Gasteiger partial charge >= 0.3 is 0 Å². The number of aromatic nitrogens is 3. The molecule has 0 saturated heterocycles. The summed E-state index contributed by atoms with van der Waals surface area (Å²) in [5, 5.41) is 10.5. The van der Waals surface area contributed by atoms with Crippen molar-refractivity contribution >= 4 is 78.7 Å².